The van der Waals surface area contributed by atoms with Crippen LogP contribution < -0.4 is 10.1 Å². The van der Waals surface area contributed by atoms with Crippen LogP contribution in [0.5, 0.6) is 5.75 Å². The number of aryl methyl sites for hydroxylation is 1. The van der Waals surface area contributed by atoms with Gasteiger partial charge in [-0.25, -0.2) is 4.39 Å². The number of hydrogen-bond donors (Lipinski definition) is 1. The molecule has 134 valence electrons. The maximum atomic E-state index is 13.7. The van der Waals surface area contributed by atoms with E-state index in [9.17, 15) is 9.18 Å². The van der Waals surface area contributed by atoms with Crippen molar-refractivity contribution in [1.29, 1.82) is 0 Å². The Morgan fingerprint density at radius 1 is 1.31 bits per heavy atom. The van der Waals surface area contributed by atoms with Crippen molar-refractivity contribution < 1.29 is 18.4 Å². The predicted octanol–water partition coefficient (Wildman–Crippen LogP) is 4.11. The number of hydrogen-bond acceptors (Lipinski definition) is 5. The van der Waals surface area contributed by atoms with Crippen molar-refractivity contribution in [2.24, 2.45) is 0 Å². The van der Waals surface area contributed by atoms with E-state index in [1.165, 1.54) is 13.2 Å². The highest BCUT2D eigenvalue weighted by Crippen LogP contribution is 2.27. The molecule has 0 aliphatic rings. The van der Waals surface area contributed by atoms with Gasteiger partial charge in [-0.05, 0) is 30.3 Å². The number of nitrogens with zero attached hydrogens (tertiary/aromatic N) is 2. The summed E-state index contributed by atoms with van der Waals surface area (Å²) in [6.07, 6.45) is 0.361. The number of nitrogens with one attached hydrogen (secondary N) is 1. The molecule has 3 rings (SSSR count). The molecule has 0 aliphatic carbocycles. The van der Waals surface area contributed by atoms with Gasteiger partial charge in [-0.15, -0.1) is 0 Å². The molecule has 8 heteroatoms. The minimum atomic E-state index is -0.436. The molecule has 0 saturated heterocycles. The molecule has 0 atom stereocenters. The maximum absolute atomic E-state index is 13.7. The monoisotopic (exact) mass is 375 g/mol. The summed E-state index contributed by atoms with van der Waals surface area (Å²) in [5.41, 5.74) is 0.804. The maximum Gasteiger partial charge on any atom is 0.227 e. The van der Waals surface area contributed by atoms with E-state index in [4.69, 9.17) is 20.9 Å². The Bertz CT molecular complexity index is 930. The first-order valence-corrected chi connectivity index (χ1v) is 8.15. The molecule has 0 saturated carbocycles. The molecule has 0 aliphatic heterocycles. The summed E-state index contributed by atoms with van der Waals surface area (Å²) in [6.45, 7) is 0. The summed E-state index contributed by atoms with van der Waals surface area (Å²) in [5, 5.41) is 6.87. The van der Waals surface area contributed by atoms with Gasteiger partial charge in [0.2, 0.25) is 17.6 Å². The van der Waals surface area contributed by atoms with Gasteiger partial charge in [0.05, 0.1) is 17.7 Å². The molecule has 0 unspecified atom stereocenters. The van der Waals surface area contributed by atoms with Crippen LogP contribution in [0, 0.1) is 5.82 Å². The van der Waals surface area contributed by atoms with Gasteiger partial charge in [0.25, 0.3) is 0 Å². The fourth-order valence-corrected chi connectivity index (χ4v) is 2.55. The lowest BCUT2D eigenvalue weighted by Gasteiger charge is -2.07. The van der Waals surface area contributed by atoms with Gasteiger partial charge >= 0.3 is 0 Å². The number of carbonyl (C=O) groups is 1. The lowest BCUT2D eigenvalue weighted by atomic mass is 10.2. The second kappa shape index (κ2) is 7.97. The zero-order chi connectivity index (χ0) is 18.5. The van der Waals surface area contributed by atoms with Crippen LogP contribution in [0.4, 0.5) is 10.1 Å². The van der Waals surface area contributed by atoms with Crippen LogP contribution in [-0.4, -0.2) is 23.2 Å². The molecule has 1 aromatic heterocycles. The van der Waals surface area contributed by atoms with Gasteiger partial charge in [0.1, 0.15) is 11.6 Å². The number of rotatable bonds is 6. The molecule has 2 aromatic carbocycles. The van der Waals surface area contributed by atoms with Crippen molar-refractivity contribution in [2.75, 3.05) is 12.4 Å². The molecule has 0 radical (unpaired) electrons. The van der Waals surface area contributed by atoms with Crippen molar-refractivity contribution >= 4 is 23.2 Å². The van der Waals surface area contributed by atoms with Crippen molar-refractivity contribution in [2.45, 2.75) is 12.8 Å². The first-order chi connectivity index (χ1) is 12.6. The molecule has 1 amide bonds. The Balaban J connectivity index is 1.58. The second-order valence-electron chi connectivity index (χ2n) is 5.39. The first-order valence-electron chi connectivity index (χ1n) is 7.77. The topological polar surface area (TPSA) is 77.2 Å². The van der Waals surface area contributed by atoms with Gasteiger partial charge in [0, 0.05) is 18.5 Å². The molecule has 1 N–H and O–H groups in total. The van der Waals surface area contributed by atoms with Crippen molar-refractivity contribution in [3.05, 3.63) is 59.2 Å². The molecule has 0 spiro atoms. The van der Waals surface area contributed by atoms with Gasteiger partial charge in [-0.2, -0.15) is 4.98 Å². The molecule has 3 aromatic rings. The third-order valence-electron chi connectivity index (χ3n) is 3.58. The van der Waals surface area contributed by atoms with Crippen molar-refractivity contribution in [3.63, 3.8) is 0 Å². The van der Waals surface area contributed by atoms with Crippen LogP contribution in [0.2, 0.25) is 5.02 Å². The summed E-state index contributed by atoms with van der Waals surface area (Å²) in [7, 11) is 1.51. The zero-order valence-corrected chi connectivity index (χ0v) is 14.6. The van der Waals surface area contributed by atoms with Gasteiger partial charge in [-0.3, -0.25) is 4.79 Å². The number of amides is 1. The first kappa shape index (κ1) is 17.9. The van der Waals surface area contributed by atoms with E-state index >= 15 is 0 Å². The number of methoxy groups -OCH3 is 1. The SMILES string of the molecule is COc1ccc(NC(=O)CCc2nc(-c3ccccc3F)no2)cc1Cl. The highest BCUT2D eigenvalue weighted by Gasteiger charge is 2.13. The standard InChI is InChI=1S/C18H15ClFN3O3/c1-25-15-7-6-11(10-13(15)19)21-16(24)8-9-17-22-18(23-26-17)12-4-2-3-5-14(12)20/h2-7,10H,8-9H2,1H3,(H,21,24). The third kappa shape index (κ3) is 4.18. The average Bonchev–Trinajstić information content (AvgIpc) is 3.09. The Morgan fingerprint density at radius 3 is 2.85 bits per heavy atom. The quantitative estimate of drug-likeness (QED) is 0.701. The molecule has 26 heavy (non-hydrogen) atoms. The number of carbonyl (C=O) groups excluding carboxylic acids is 1. The molecule has 0 bridgehead atoms. The molecule has 0 fully saturated rings. The summed E-state index contributed by atoms with van der Waals surface area (Å²) in [5.74, 6) is 0.258. The number of benzene rings is 2. The number of anilines is 1. The lowest BCUT2D eigenvalue weighted by molar-refractivity contribution is -0.116. The molecule has 1 heterocycles. The van der Waals surface area contributed by atoms with Crippen LogP contribution >= 0.6 is 11.6 Å². The Labute approximate surface area is 153 Å². The van der Waals surface area contributed by atoms with Gasteiger partial charge in [0.15, 0.2) is 0 Å². The smallest absolute Gasteiger partial charge is 0.227 e. The molecular formula is C18H15ClFN3O3. The highest BCUT2D eigenvalue weighted by molar-refractivity contribution is 6.32. The number of halogens is 2. The van der Waals surface area contributed by atoms with E-state index in [1.54, 1.807) is 36.4 Å². The third-order valence-corrected chi connectivity index (χ3v) is 3.88. The van der Waals surface area contributed by atoms with E-state index in [0.29, 0.717) is 16.5 Å². The Hall–Kier alpha value is -2.93. The summed E-state index contributed by atoms with van der Waals surface area (Å²) < 4.78 is 23.9. The van der Waals surface area contributed by atoms with Crippen LogP contribution in [0.15, 0.2) is 47.0 Å². The Kier molecular flexibility index (Phi) is 5.48. The fourth-order valence-electron chi connectivity index (χ4n) is 2.30. The predicted molar refractivity (Wildman–Crippen MR) is 94.6 cm³/mol. The summed E-state index contributed by atoms with van der Waals surface area (Å²) in [4.78, 5) is 16.2. The van der Waals surface area contributed by atoms with E-state index in [0.717, 1.165) is 0 Å². The van der Waals surface area contributed by atoms with E-state index in [1.807, 2.05) is 0 Å². The Morgan fingerprint density at radius 2 is 2.12 bits per heavy atom. The summed E-state index contributed by atoms with van der Waals surface area (Å²) in [6, 6.07) is 11.1. The van der Waals surface area contributed by atoms with Crippen molar-refractivity contribution in [1.82, 2.24) is 10.1 Å². The van der Waals surface area contributed by atoms with Crippen LogP contribution in [0.1, 0.15) is 12.3 Å². The van der Waals surface area contributed by atoms with Gasteiger partial charge in [-0.1, -0.05) is 28.9 Å². The number of aromatic nitrogens is 2. The minimum Gasteiger partial charge on any atom is -0.495 e. The largest absolute Gasteiger partial charge is 0.495 e. The molecule has 6 nitrogen and oxygen atoms in total. The van der Waals surface area contributed by atoms with Crippen LogP contribution in [0.25, 0.3) is 11.4 Å². The lowest BCUT2D eigenvalue weighted by Crippen LogP contribution is -2.12. The van der Waals surface area contributed by atoms with E-state index < -0.39 is 5.82 Å². The molecular weight excluding hydrogens is 361 g/mol. The van der Waals surface area contributed by atoms with E-state index in [2.05, 4.69) is 15.5 Å². The second-order valence-corrected chi connectivity index (χ2v) is 5.80. The van der Waals surface area contributed by atoms with Crippen LogP contribution in [0.3, 0.4) is 0 Å². The van der Waals surface area contributed by atoms with Crippen LogP contribution in [-0.2, 0) is 11.2 Å². The van der Waals surface area contributed by atoms with Crippen molar-refractivity contribution in [3.8, 4) is 17.1 Å². The fraction of sp³-hybridized carbons (Fsp3) is 0.167. The average molecular weight is 376 g/mol. The van der Waals surface area contributed by atoms with Gasteiger partial charge < -0.3 is 14.6 Å². The minimum absolute atomic E-state index is 0.128. The normalized spacial score (nSPS) is 10.6. The summed E-state index contributed by atoms with van der Waals surface area (Å²) >= 11 is 6.02. The van der Waals surface area contributed by atoms with E-state index in [-0.39, 0.29) is 36.0 Å². The number of ether oxygens (including phenoxy) is 1. The highest BCUT2D eigenvalue weighted by atomic mass is 35.5. The zero-order valence-electron chi connectivity index (χ0n) is 13.8.